The first-order valence-electron chi connectivity index (χ1n) is 7.39. The van der Waals surface area contributed by atoms with Crippen molar-refractivity contribution in [2.24, 2.45) is 0 Å². The average molecular weight is 330 g/mol. The van der Waals surface area contributed by atoms with Crippen LogP contribution < -0.4 is 9.62 Å². The summed E-state index contributed by atoms with van der Waals surface area (Å²) in [6.07, 6.45) is 0.640. The van der Waals surface area contributed by atoms with Crippen molar-refractivity contribution < 1.29 is 13.2 Å². The quantitative estimate of drug-likeness (QED) is 0.938. The van der Waals surface area contributed by atoms with Crippen molar-refractivity contribution in [2.75, 3.05) is 11.9 Å². The number of nitrogens with one attached hydrogen (secondary N) is 1. The van der Waals surface area contributed by atoms with Crippen LogP contribution in [-0.4, -0.2) is 27.4 Å². The number of sulfonamides is 1. The van der Waals surface area contributed by atoms with Gasteiger partial charge in [0.25, 0.3) is 5.91 Å². The lowest BCUT2D eigenvalue weighted by atomic mass is 10.1. The Morgan fingerprint density at radius 1 is 1.17 bits per heavy atom. The molecule has 1 atom stereocenters. The molecule has 1 aliphatic rings. The molecule has 2 aromatic rings. The Morgan fingerprint density at radius 2 is 1.87 bits per heavy atom. The van der Waals surface area contributed by atoms with Gasteiger partial charge in [0.2, 0.25) is 10.0 Å². The maximum atomic E-state index is 12.8. The third-order valence-corrected chi connectivity index (χ3v) is 5.50. The van der Waals surface area contributed by atoms with Gasteiger partial charge in [-0.05, 0) is 56.3 Å². The van der Waals surface area contributed by atoms with E-state index in [0.717, 1.165) is 11.3 Å². The summed E-state index contributed by atoms with van der Waals surface area (Å²) in [5.74, 6) is -0.0685. The summed E-state index contributed by atoms with van der Waals surface area (Å²) in [5.41, 5.74) is 2.28. The Balaban J connectivity index is 2.01. The van der Waals surface area contributed by atoms with Crippen LogP contribution >= 0.6 is 0 Å². The van der Waals surface area contributed by atoms with Crippen LogP contribution in [0.5, 0.6) is 0 Å². The van der Waals surface area contributed by atoms with Crippen LogP contribution in [0.2, 0.25) is 0 Å². The maximum Gasteiger partial charge on any atom is 0.258 e. The van der Waals surface area contributed by atoms with Crippen LogP contribution in [0.25, 0.3) is 0 Å². The van der Waals surface area contributed by atoms with Gasteiger partial charge in [-0.3, -0.25) is 4.79 Å². The minimum Gasteiger partial charge on any atom is -0.305 e. The van der Waals surface area contributed by atoms with E-state index in [9.17, 15) is 13.2 Å². The highest BCUT2D eigenvalue weighted by molar-refractivity contribution is 7.89. The molecule has 0 aliphatic carbocycles. The van der Waals surface area contributed by atoms with Gasteiger partial charge in [-0.2, -0.15) is 0 Å². The third-order valence-electron chi connectivity index (χ3n) is 4.09. The van der Waals surface area contributed by atoms with Crippen LogP contribution in [0.4, 0.5) is 5.69 Å². The summed E-state index contributed by atoms with van der Waals surface area (Å²) in [6.45, 7) is 1.97. The minimum atomic E-state index is -3.48. The van der Waals surface area contributed by atoms with Crippen molar-refractivity contribution in [3.63, 3.8) is 0 Å². The first kappa shape index (κ1) is 15.7. The highest BCUT2D eigenvalue weighted by Gasteiger charge is 2.32. The number of anilines is 1. The fourth-order valence-electron chi connectivity index (χ4n) is 2.92. The van der Waals surface area contributed by atoms with Gasteiger partial charge in [0.1, 0.15) is 0 Å². The molecule has 3 rings (SSSR count). The van der Waals surface area contributed by atoms with E-state index in [4.69, 9.17) is 0 Å². The summed E-state index contributed by atoms with van der Waals surface area (Å²) >= 11 is 0. The monoisotopic (exact) mass is 330 g/mol. The zero-order valence-electron chi connectivity index (χ0n) is 13.0. The molecular formula is C17H18N2O3S. The van der Waals surface area contributed by atoms with E-state index in [2.05, 4.69) is 4.72 Å². The fraction of sp³-hybridized carbons (Fsp3) is 0.235. The molecule has 6 heteroatoms. The molecule has 120 valence electrons. The number of carbonyl (C=O) groups is 1. The van der Waals surface area contributed by atoms with Crippen LogP contribution in [-0.2, 0) is 16.4 Å². The summed E-state index contributed by atoms with van der Waals surface area (Å²) < 4.78 is 26.2. The Kier molecular flexibility index (Phi) is 3.95. The molecular weight excluding hydrogens is 312 g/mol. The van der Waals surface area contributed by atoms with E-state index in [1.54, 1.807) is 29.2 Å². The van der Waals surface area contributed by atoms with Gasteiger partial charge in [0.15, 0.2) is 0 Å². The predicted molar refractivity (Wildman–Crippen MR) is 89.1 cm³/mol. The van der Waals surface area contributed by atoms with Crippen molar-refractivity contribution >= 4 is 21.6 Å². The molecule has 0 fully saturated rings. The van der Waals surface area contributed by atoms with E-state index < -0.39 is 10.0 Å². The summed E-state index contributed by atoms with van der Waals surface area (Å²) in [6, 6.07) is 14.0. The second-order valence-corrected chi connectivity index (χ2v) is 7.48. The molecule has 0 saturated carbocycles. The van der Waals surface area contributed by atoms with E-state index >= 15 is 0 Å². The molecule has 1 amide bonds. The van der Waals surface area contributed by atoms with Crippen LogP contribution in [0.3, 0.4) is 0 Å². The Bertz CT molecular complexity index is 847. The van der Waals surface area contributed by atoms with E-state index in [1.807, 2.05) is 25.1 Å². The predicted octanol–water partition coefficient (Wildman–Crippen LogP) is 2.19. The second-order valence-electron chi connectivity index (χ2n) is 5.59. The molecule has 1 N–H and O–H groups in total. The van der Waals surface area contributed by atoms with E-state index in [0.29, 0.717) is 12.0 Å². The second kappa shape index (κ2) is 5.79. The normalized spacial score (nSPS) is 17.1. The molecule has 0 radical (unpaired) electrons. The molecule has 1 aliphatic heterocycles. The SMILES string of the molecule is CNS(=O)(=O)c1ccc2c(c1)C[C@@H](C)N2C(=O)c1ccccc1. The number of fused-ring (bicyclic) bond motifs is 1. The third kappa shape index (κ3) is 2.75. The molecule has 0 spiro atoms. The van der Waals surface area contributed by atoms with Gasteiger partial charge in [0, 0.05) is 17.3 Å². The highest BCUT2D eigenvalue weighted by atomic mass is 32.2. The molecule has 2 aromatic carbocycles. The topological polar surface area (TPSA) is 66.5 Å². The Hall–Kier alpha value is -2.18. The number of hydrogen-bond donors (Lipinski definition) is 1. The number of benzene rings is 2. The Labute approximate surface area is 136 Å². The van der Waals surface area contributed by atoms with Crippen molar-refractivity contribution in [1.82, 2.24) is 4.72 Å². The molecule has 23 heavy (non-hydrogen) atoms. The van der Waals surface area contributed by atoms with Crippen molar-refractivity contribution in [3.05, 3.63) is 59.7 Å². The molecule has 1 heterocycles. The zero-order valence-corrected chi connectivity index (χ0v) is 13.8. The smallest absolute Gasteiger partial charge is 0.258 e. The van der Waals surface area contributed by atoms with Gasteiger partial charge in [-0.15, -0.1) is 0 Å². The van der Waals surface area contributed by atoms with Gasteiger partial charge in [-0.25, -0.2) is 13.1 Å². The molecule has 0 unspecified atom stereocenters. The lowest BCUT2D eigenvalue weighted by Gasteiger charge is -2.22. The number of rotatable bonds is 3. The lowest BCUT2D eigenvalue weighted by Crippen LogP contribution is -2.35. The number of nitrogens with zero attached hydrogens (tertiary/aromatic N) is 1. The number of carbonyl (C=O) groups excluding carboxylic acids is 1. The largest absolute Gasteiger partial charge is 0.305 e. The standard InChI is InChI=1S/C17H18N2O3S/c1-12-10-14-11-15(23(21,22)18-2)8-9-16(14)19(12)17(20)13-6-4-3-5-7-13/h3-9,11-12,18H,10H2,1-2H3/t12-/m1/s1. The number of amides is 1. The van der Waals surface area contributed by atoms with Gasteiger partial charge in [-0.1, -0.05) is 18.2 Å². The van der Waals surface area contributed by atoms with E-state index in [-0.39, 0.29) is 16.8 Å². The van der Waals surface area contributed by atoms with Crippen LogP contribution in [0.15, 0.2) is 53.4 Å². The summed E-state index contributed by atoms with van der Waals surface area (Å²) in [4.78, 5) is 14.7. The Morgan fingerprint density at radius 3 is 2.52 bits per heavy atom. The van der Waals surface area contributed by atoms with E-state index in [1.165, 1.54) is 13.1 Å². The minimum absolute atomic E-state index is 0.00903. The summed E-state index contributed by atoms with van der Waals surface area (Å²) in [7, 11) is -2.10. The van der Waals surface area contributed by atoms with Crippen molar-refractivity contribution in [1.29, 1.82) is 0 Å². The highest BCUT2D eigenvalue weighted by Crippen LogP contribution is 2.34. The average Bonchev–Trinajstić information content (AvgIpc) is 2.89. The van der Waals surface area contributed by atoms with Crippen LogP contribution in [0, 0.1) is 0 Å². The van der Waals surface area contributed by atoms with Gasteiger partial charge < -0.3 is 4.90 Å². The number of hydrogen-bond acceptors (Lipinski definition) is 3. The van der Waals surface area contributed by atoms with Gasteiger partial charge in [0.05, 0.1) is 4.90 Å². The first-order chi connectivity index (χ1) is 10.9. The van der Waals surface area contributed by atoms with Gasteiger partial charge >= 0.3 is 0 Å². The summed E-state index contributed by atoms with van der Waals surface area (Å²) in [5, 5.41) is 0. The fourth-order valence-corrected chi connectivity index (χ4v) is 3.70. The molecule has 0 aromatic heterocycles. The van der Waals surface area contributed by atoms with Crippen molar-refractivity contribution in [2.45, 2.75) is 24.3 Å². The molecule has 5 nitrogen and oxygen atoms in total. The molecule has 0 saturated heterocycles. The maximum absolute atomic E-state index is 12.8. The first-order valence-corrected chi connectivity index (χ1v) is 8.87. The molecule has 0 bridgehead atoms. The van der Waals surface area contributed by atoms with Crippen LogP contribution in [0.1, 0.15) is 22.8 Å². The van der Waals surface area contributed by atoms with Crippen molar-refractivity contribution in [3.8, 4) is 0 Å². The lowest BCUT2D eigenvalue weighted by molar-refractivity contribution is 0.0981. The zero-order chi connectivity index (χ0) is 16.6.